The Morgan fingerprint density at radius 1 is 1.63 bits per heavy atom. The summed E-state index contributed by atoms with van der Waals surface area (Å²) < 4.78 is 18.6. The van der Waals surface area contributed by atoms with Gasteiger partial charge in [-0.15, -0.1) is 0 Å². The van der Waals surface area contributed by atoms with E-state index < -0.39 is 5.82 Å². The molecule has 0 amide bonds. The molecule has 0 aromatic heterocycles. The summed E-state index contributed by atoms with van der Waals surface area (Å²) in [6.45, 7) is 1.44. The lowest BCUT2D eigenvalue weighted by atomic mass is 9.98. The molecule has 6 heteroatoms. The van der Waals surface area contributed by atoms with E-state index in [0.717, 1.165) is 13.0 Å². The van der Waals surface area contributed by atoms with E-state index in [-0.39, 0.29) is 22.6 Å². The molecule has 2 atom stereocenters. The molecule has 2 rings (SSSR count). The molecule has 1 aliphatic heterocycles. The molecule has 0 radical (unpaired) electrons. The first kappa shape index (κ1) is 14.4. The molecule has 4 nitrogen and oxygen atoms in total. The van der Waals surface area contributed by atoms with Gasteiger partial charge >= 0.3 is 0 Å². The van der Waals surface area contributed by atoms with Crippen LogP contribution < -0.4 is 10.5 Å². The van der Waals surface area contributed by atoms with Crippen molar-refractivity contribution in [1.29, 1.82) is 0 Å². The third-order valence-electron chi connectivity index (χ3n) is 3.71. The van der Waals surface area contributed by atoms with Crippen LogP contribution in [-0.2, 0) is 0 Å². The summed E-state index contributed by atoms with van der Waals surface area (Å²) in [6.07, 6.45) is 0.811. The Morgan fingerprint density at radius 2 is 2.32 bits per heavy atom. The largest absolute Gasteiger partial charge is 0.504 e. The van der Waals surface area contributed by atoms with Gasteiger partial charge in [0.15, 0.2) is 17.3 Å². The summed E-state index contributed by atoms with van der Waals surface area (Å²) in [5.74, 6) is -0.753. The second kappa shape index (κ2) is 5.53. The van der Waals surface area contributed by atoms with Gasteiger partial charge in [0, 0.05) is 18.2 Å². The molecular formula is C13H18ClFN2O2. The molecule has 1 saturated heterocycles. The fourth-order valence-corrected chi connectivity index (χ4v) is 2.90. The van der Waals surface area contributed by atoms with E-state index in [4.69, 9.17) is 22.1 Å². The van der Waals surface area contributed by atoms with Crippen LogP contribution in [0.4, 0.5) is 4.39 Å². The Morgan fingerprint density at radius 3 is 2.84 bits per heavy atom. The third-order valence-corrected chi connectivity index (χ3v) is 3.99. The van der Waals surface area contributed by atoms with Gasteiger partial charge in [-0.05, 0) is 32.0 Å². The van der Waals surface area contributed by atoms with Gasteiger partial charge in [-0.1, -0.05) is 11.6 Å². The van der Waals surface area contributed by atoms with Crippen LogP contribution in [0.5, 0.6) is 11.5 Å². The second-order valence-corrected chi connectivity index (χ2v) is 5.34. The molecule has 1 fully saturated rings. The van der Waals surface area contributed by atoms with Crippen molar-refractivity contribution in [3.05, 3.63) is 22.5 Å². The highest BCUT2D eigenvalue weighted by atomic mass is 35.5. The van der Waals surface area contributed by atoms with Crippen LogP contribution in [0.25, 0.3) is 0 Å². The monoisotopic (exact) mass is 288 g/mol. The van der Waals surface area contributed by atoms with Crippen molar-refractivity contribution in [2.24, 2.45) is 11.7 Å². The molecule has 0 aliphatic carbocycles. The molecule has 2 unspecified atom stereocenters. The maximum absolute atomic E-state index is 13.7. The first-order valence-corrected chi connectivity index (χ1v) is 6.52. The Hall–Kier alpha value is -1.04. The predicted molar refractivity (Wildman–Crippen MR) is 72.2 cm³/mol. The minimum Gasteiger partial charge on any atom is -0.504 e. The van der Waals surface area contributed by atoms with E-state index in [2.05, 4.69) is 4.90 Å². The van der Waals surface area contributed by atoms with Gasteiger partial charge in [-0.25, -0.2) is 4.39 Å². The molecular weight excluding hydrogens is 271 g/mol. The normalized spacial score (nSPS) is 23.8. The van der Waals surface area contributed by atoms with Crippen molar-refractivity contribution in [1.82, 2.24) is 4.90 Å². The third kappa shape index (κ3) is 2.50. The zero-order valence-corrected chi connectivity index (χ0v) is 11.7. The average molecular weight is 289 g/mol. The summed E-state index contributed by atoms with van der Waals surface area (Å²) in [7, 11) is 3.25. The van der Waals surface area contributed by atoms with E-state index in [1.165, 1.54) is 13.2 Å². The van der Waals surface area contributed by atoms with Crippen LogP contribution in [-0.4, -0.2) is 37.3 Å². The lowest BCUT2D eigenvalue weighted by Crippen LogP contribution is -2.20. The zero-order chi connectivity index (χ0) is 14.2. The van der Waals surface area contributed by atoms with Crippen LogP contribution in [0.15, 0.2) is 6.07 Å². The number of phenols is 1. The van der Waals surface area contributed by atoms with Crippen molar-refractivity contribution < 1.29 is 14.2 Å². The SMILES string of the molecule is COc1c(O)c(C2CC(CN)CN2C)cc(Cl)c1F. The van der Waals surface area contributed by atoms with Gasteiger partial charge in [0.05, 0.1) is 12.1 Å². The maximum Gasteiger partial charge on any atom is 0.198 e. The Bertz CT molecular complexity index is 484. The van der Waals surface area contributed by atoms with E-state index in [0.29, 0.717) is 18.0 Å². The lowest BCUT2D eigenvalue weighted by molar-refractivity contribution is 0.297. The molecule has 0 spiro atoms. The van der Waals surface area contributed by atoms with Gasteiger partial charge in [0.1, 0.15) is 0 Å². The smallest absolute Gasteiger partial charge is 0.198 e. The summed E-state index contributed by atoms with van der Waals surface area (Å²) in [6, 6.07) is 1.44. The number of halogens is 2. The van der Waals surface area contributed by atoms with Crippen LogP contribution >= 0.6 is 11.6 Å². The molecule has 3 N–H and O–H groups in total. The first-order valence-electron chi connectivity index (χ1n) is 6.14. The molecule has 1 aromatic rings. The minimum absolute atomic E-state index is 0.0273. The van der Waals surface area contributed by atoms with Crippen molar-refractivity contribution in [2.45, 2.75) is 12.5 Å². The van der Waals surface area contributed by atoms with E-state index >= 15 is 0 Å². The number of likely N-dealkylation sites (tertiary alicyclic amines) is 1. The lowest BCUT2D eigenvalue weighted by Gasteiger charge is -2.22. The van der Waals surface area contributed by atoms with Gasteiger partial charge in [-0.2, -0.15) is 0 Å². The van der Waals surface area contributed by atoms with Crippen molar-refractivity contribution in [3.63, 3.8) is 0 Å². The first-order chi connectivity index (χ1) is 8.99. The van der Waals surface area contributed by atoms with Gasteiger partial charge in [-0.3, -0.25) is 4.90 Å². The van der Waals surface area contributed by atoms with E-state index in [9.17, 15) is 9.50 Å². The van der Waals surface area contributed by atoms with Crippen molar-refractivity contribution >= 4 is 11.6 Å². The van der Waals surface area contributed by atoms with Crippen molar-refractivity contribution in [2.75, 3.05) is 27.2 Å². The highest BCUT2D eigenvalue weighted by molar-refractivity contribution is 6.31. The van der Waals surface area contributed by atoms with Crippen LogP contribution in [0, 0.1) is 11.7 Å². The average Bonchev–Trinajstić information content (AvgIpc) is 2.76. The summed E-state index contributed by atoms with van der Waals surface area (Å²) >= 11 is 5.86. The van der Waals surface area contributed by atoms with Crippen LogP contribution in [0.2, 0.25) is 5.02 Å². The summed E-state index contributed by atoms with van der Waals surface area (Å²) in [5, 5.41) is 10.1. The number of benzene rings is 1. The van der Waals surface area contributed by atoms with E-state index in [1.54, 1.807) is 0 Å². The number of hydrogen-bond acceptors (Lipinski definition) is 4. The van der Waals surface area contributed by atoms with Crippen molar-refractivity contribution in [3.8, 4) is 11.5 Å². The standard InChI is InChI=1S/C13H18ClFN2O2/c1-17-6-7(5-16)3-10(17)8-4-9(14)11(15)13(19-2)12(8)18/h4,7,10,18H,3,5-6,16H2,1-2H3. The molecule has 106 valence electrons. The van der Waals surface area contributed by atoms with Gasteiger partial charge < -0.3 is 15.6 Å². The quantitative estimate of drug-likeness (QED) is 0.895. The number of ether oxygens (including phenoxy) is 1. The number of methoxy groups -OCH3 is 1. The number of nitrogens with zero attached hydrogens (tertiary/aromatic N) is 1. The molecule has 1 heterocycles. The highest BCUT2D eigenvalue weighted by Crippen LogP contribution is 2.44. The Labute approximate surface area is 116 Å². The van der Waals surface area contributed by atoms with Crippen LogP contribution in [0.3, 0.4) is 0 Å². The Kier molecular flexibility index (Phi) is 4.18. The number of hydrogen-bond donors (Lipinski definition) is 2. The topological polar surface area (TPSA) is 58.7 Å². The fourth-order valence-electron chi connectivity index (χ4n) is 2.69. The number of aromatic hydroxyl groups is 1. The fraction of sp³-hybridized carbons (Fsp3) is 0.538. The van der Waals surface area contributed by atoms with Crippen LogP contribution in [0.1, 0.15) is 18.0 Å². The van der Waals surface area contributed by atoms with E-state index in [1.807, 2.05) is 7.05 Å². The number of phenolic OH excluding ortho intramolecular Hbond substituents is 1. The summed E-state index contributed by atoms with van der Waals surface area (Å²) in [4.78, 5) is 2.08. The zero-order valence-electron chi connectivity index (χ0n) is 11.0. The Balaban J connectivity index is 2.43. The molecule has 1 aromatic carbocycles. The highest BCUT2D eigenvalue weighted by Gasteiger charge is 2.33. The number of rotatable bonds is 3. The molecule has 0 saturated carbocycles. The maximum atomic E-state index is 13.7. The predicted octanol–water partition coefficient (Wildman–Crippen LogP) is 2.14. The number of nitrogens with two attached hydrogens (primary N) is 1. The van der Waals surface area contributed by atoms with Gasteiger partial charge in [0.25, 0.3) is 0 Å². The van der Waals surface area contributed by atoms with Gasteiger partial charge in [0.2, 0.25) is 0 Å². The molecule has 1 aliphatic rings. The molecule has 19 heavy (non-hydrogen) atoms. The summed E-state index contributed by atoms with van der Waals surface area (Å²) in [5.41, 5.74) is 6.27. The minimum atomic E-state index is -0.735. The molecule has 0 bridgehead atoms. The second-order valence-electron chi connectivity index (χ2n) is 4.94.